The summed E-state index contributed by atoms with van der Waals surface area (Å²) < 4.78 is 0. The Morgan fingerprint density at radius 3 is 1.57 bits per heavy atom. The van der Waals surface area contributed by atoms with Gasteiger partial charge in [0.05, 0.1) is 5.97 Å². The normalized spacial score (nSPS) is 13.9. The van der Waals surface area contributed by atoms with Gasteiger partial charge in [-0.25, -0.2) is 0 Å². The van der Waals surface area contributed by atoms with Gasteiger partial charge >= 0.3 is 51.4 Å². The standard InChI is InChI=1S/C24H45NO2.K/c1-5-7-9-11-13-15-17-22(3)19-25(21-24(26)27)20-23(4)18-16-14-12-10-8-6-2;/h11-14,22-23H,5-10,15-21H2,1-4H3,(H,26,27);/q;+1/p-1/b13-11+,14-12+;. The van der Waals surface area contributed by atoms with Gasteiger partial charge in [0.15, 0.2) is 0 Å². The Morgan fingerprint density at radius 1 is 0.821 bits per heavy atom. The number of rotatable bonds is 18. The maximum Gasteiger partial charge on any atom is 1.00 e. The largest absolute Gasteiger partial charge is 1.00 e. The summed E-state index contributed by atoms with van der Waals surface area (Å²) in [6.07, 6.45) is 20.9. The molecule has 0 rings (SSSR count). The van der Waals surface area contributed by atoms with E-state index < -0.39 is 5.97 Å². The maximum atomic E-state index is 11.1. The van der Waals surface area contributed by atoms with Gasteiger partial charge in [-0.1, -0.05) is 77.7 Å². The quantitative estimate of drug-likeness (QED) is 0.195. The van der Waals surface area contributed by atoms with E-state index in [0.29, 0.717) is 11.8 Å². The summed E-state index contributed by atoms with van der Waals surface area (Å²) in [4.78, 5) is 13.2. The zero-order valence-electron chi connectivity index (χ0n) is 19.4. The Labute approximate surface area is 217 Å². The van der Waals surface area contributed by atoms with Crippen LogP contribution in [0.25, 0.3) is 0 Å². The van der Waals surface area contributed by atoms with Crippen molar-refractivity contribution in [3.05, 3.63) is 24.3 Å². The number of carboxylic acids is 1. The molecule has 0 saturated carbocycles. The molecular weight excluding hydrogens is 373 g/mol. The van der Waals surface area contributed by atoms with Crippen LogP contribution in [0.5, 0.6) is 0 Å². The van der Waals surface area contributed by atoms with Gasteiger partial charge in [0, 0.05) is 19.6 Å². The SMILES string of the molecule is CCCC/C=C/CCC(C)CN(CC(=O)[O-])CC(C)CC/C=C/CCCC.[K+]. The van der Waals surface area contributed by atoms with Crippen molar-refractivity contribution < 1.29 is 61.3 Å². The van der Waals surface area contributed by atoms with Gasteiger partial charge in [-0.15, -0.1) is 0 Å². The minimum Gasteiger partial charge on any atom is -0.549 e. The van der Waals surface area contributed by atoms with E-state index in [9.17, 15) is 9.90 Å². The fourth-order valence-electron chi connectivity index (χ4n) is 3.33. The van der Waals surface area contributed by atoms with Gasteiger partial charge in [-0.2, -0.15) is 0 Å². The van der Waals surface area contributed by atoms with Crippen LogP contribution >= 0.6 is 0 Å². The Morgan fingerprint density at radius 2 is 1.21 bits per heavy atom. The number of nitrogens with zero attached hydrogens (tertiary/aromatic N) is 1. The smallest absolute Gasteiger partial charge is 0.549 e. The van der Waals surface area contributed by atoms with Crippen molar-refractivity contribution in [2.45, 2.75) is 91.9 Å². The molecule has 0 radical (unpaired) electrons. The van der Waals surface area contributed by atoms with Crippen LogP contribution in [0.4, 0.5) is 0 Å². The van der Waals surface area contributed by atoms with Gasteiger partial charge in [0.2, 0.25) is 0 Å². The zero-order chi connectivity index (χ0) is 20.3. The summed E-state index contributed by atoms with van der Waals surface area (Å²) in [5.74, 6) is 0.0379. The first kappa shape index (κ1) is 30.7. The molecule has 28 heavy (non-hydrogen) atoms. The Balaban J connectivity index is 0. The third-order valence-electron chi connectivity index (χ3n) is 4.93. The summed E-state index contributed by atoms with van der Waals surface area (Å²) in [6.45, 7) is 10.6. The minimum atomic E-state index is -0.965. The number of allylic oxidation sites excluding steroid dienone is 4. The molecule has 0 aromatic heterocycles. The number of unbranched alkanes of at least 4 members (excludes halogenated alkanes) is 4. The molecule has 0 saturated heterocycles. The second-order valence-corrected chi connectivity index (χ2v) is 8.16. The van der Waals surface area contributed by atoms with Crippen molar-refractivity contribution in [3.8, 4) is 0 Å². The topological polar surface area (TPSA) is 43.4 Å². The van der Waals surface area contributed by atoms with Crippen LogP contribution < -0.4 is 56.5 Å². The Kier molecular flexibility index (Phi) is 24.4. The second-order valence-electron chi connectivity index (χ2n) is 8.16. The van der Waals surface area contributed by atoms with E-state index in [1.165, 1.54) is 38.5 Å². The fourth-order valence-corrected chi connectivity index (χ4v) is 3.33. The first-order valence-electron chi connectivity index (χ1n) is 11.2. The van der Waals surface area contributed by atoms with Gasteiger partial charge in [0.1, 0.15) is 0 Å². The van der Waals surface area contributed by atoms with Crippen molar-refractivity contribution in [2.75, 3.05) is 19.6 Å². The molecule has 4 heteroatoms. The third kappa shape index (κ3) is 21.3. The molecule has 0 amide bonds. The average molecular weight is 418 g/mol. The molecular formula is C24H44KNO2. The summed E-state index contributed by atoms with van der Waals surface area (Å²) in [5, 5.41) is 11.1. The predicted octanol–water partition coefficient (Wildman–Crippen LogP) is 2.37. The van der Waals surface area contributed by atoms with Gasteiger partial charge in [-0.3, -0.25) is 4.90 Å². The fraction of sp³-hybridized carbons (Fsp3) is 0.792. The van der Waals surface area contributed by atoms with Gasteiger partial charge in [0.25, 0.3) is 0 Å². The number of aliphatic carboxylic acids is 1. The molecule has 3 nitrogen and oxygen atoms in total. The van der Waals surface area contributed by atoms with Crippen LogP contribution in [-0.4, -0.2) is 30.5 Å². The zero-order valence-corrected chi connectivity index (χ0v) is 22.5. The number of carboxylic acid groups (broad SMARTS) is 1. The number of carbonyl (C=O) groups excluding carboxylic acids is 1. The van der Waals surface area contributed by atoms with E-state index in [-0.39, 0.29) is 57.9 Å². The van der Waals surface area contributed by atoms with E-state index in [1.54, 1.807) is 0 Å². The predicted molar refractivity (Wildman–Crippen MR) is 116 cm³/mol. The molecule has 0 aromatic carbocycles. The molecule has 0 N–H and O–H groups in total. The van der Waals surface area contributed by atoms with E-state index in [0.717, 1.165) is 38.8 Å². The maximum absolute atomic E-state index is 11.1. The van der Waals surface area contributed by atoms with Crippen molar-refractivity contribution in [1.82, 2.24) is 4.90 Å². The monoisotopic (exact) mass is 417 g/mol. The molecule has 2 atom stereocenters. The molecule has 0 fully saturated rings. The minimum absolute atomic E-state index is 0. The van der Waals surface area contributed by atoms with Gasteiger partial charge in [-0.05, 0) is 50.4 Å². The molecule has 0 aromatic rings. The molecule has 158 valence electrons. The summed E-state index contributed by atoms with van der Waals surface area (Å²) in [5.41, 5.74) is 0. The molecule has 0 bridgehead atoms. The first-order chi connectivity index (χ1) is 13.0. The van der Waals surface area contributed by atoms with Crippen LogP contribution in [0.15, 0.2) is 24.3 Å². The summed E-state index contributed by atoms with van der Waals surface area (Å²) in [6, 6.07) is 0. The second kappa shape index (κ2) is 22.2. The van der Waals surface area contributed by atoms with E-state index >= 15 is 0 Å². The Bertz CT molecular complexity index is 379. The molecule has 0 heterocycles. The van der Waals surface area contributed by atoms with Crippen LogP contribution in [0.1, 0.15) is 91.9 Å². The molecule has 2 unspecified atom stereocenters. The number of hydrogen-bond acceptors (Lipinski definition) is 3. The van der Waals surface area contributed by atoms with Crippen molar-refractivity contribution in [1.29, 1.82) is 0 Å². The molecule has 0 spiro atoms. The summed E-state index contributed by atoms with van der Waals surface area (Å²) >= 11 is 0. The van der Waals surface area contributed by atoms with Crippen LogP contribution in [0.2, 0.25) is 0 Å². The van der Waals surface area contributed by atoms with E-state index in [4.69, 9.17) is 0 Å². The van der Waals surface area contributed by atoms with Crippen LogP contribution in [-0.2, 0) is 4.79 Å². The van der Waals surface area contributed by atoms with Gasteiger partial charge < -0.3 is 9.90 Å². The third-order valence-corrected chi connectivity index (χ3v) is 4.93. The van der Waals surface area contributed by atoms with Crippen LogP contribution in [0, 0.1) is 11.8 Å². The molecule has 0 aliphatic carbocycles. The van der Waals surface area contributed by atoms with E-state index in [1.807, 2.05) is 0 Å². The number of carbonyl (C=O) groups is 1. The molecule has 0 aliphatic heterocycles. The van der Waals surface area contributed by atoms with Crippen molar-refractivity contribution in [2.24, 2.45) is 11.8 Å². The molecule has 0 aliphatic rings. The van der Waals surface area contributed by atoms with Crippen molar-refractivity contribution >= 4 is 5.97 Å². The van der Waals surface area contributed by atoms with Crippen molar-refractivity contribution in [3.63, 3.8) is 0 Å². The average Bonchev–Trinajstić information content (AvgIpc) is 2.60. The number of hydrogen-bond donors (Lipinski definition) is 0. The summed E-state index contributed by atoms with van der Waals surface area (Å²) in [7, 11) is 0. The van der Waals surface area contributed by atoms with Crippen LogP contribution in [0.3, 0.4) is 0 Å². The van der Waals surface area contributed by atoms with E-state index in [2.05, 4.69) is 56.9 Å². The first-order valence-corrected chi connectivity index (χ1v) is 11.2. The Hall–Kier alpha value is 0.546.